The average Bonchev–Trinajstić information content (AvgIpc) is 3.06. The van der Waals surface area contributed by atoms with Gasteiger partial charge < -0.3 is 9.84 Å². The minimum atomic E-state index is -0.164. The number of pyridine rings is 2. The molecule has 0 aliphatic heterocycles. The fourth-order valence-electron chi connectivity index (χ4n) is 2.30. The van der Waals surface area contributed by atoms with E-state index in [2.05, 4.69) is 20.4 Å². The normalized spacial score (nSPS) is 11.9. The molecule has 1 atom stereocenters. The summed E-state index contributed by atoms with van der Waals surface area (Å²) in [4.78, 5) is 21.1. The predicted molar refractivity (Wildman–Crippen MR) is 95.2 cm³/mol. The molecule has 3 rings (SSSR count). The number of amides is 1. The van der Waals surface area contributed by atoms with Crippen LogP contribution in [0, 0.1) is 6.92 Å². The molecule has 0 radical (unpaired) electrons. The molecule has 25 heavy (non-hydrogen) atoms. The second-order valence-corrected chi connectivity index (χ2v) is 6.52. The first-order valence-electron chi connectivity index (χ1n) is 7.84. The van der Waals surface area contributed by atoms with Crippen LogP contribution in [0.5, 0.6) is 0 Å². The summed E-state index contributed by atoms with van der Waals surface area (Å²) in [6.07, 6.45) is 5.13. The maximum Gasteiger partial charge on any atom is 0.254 e. The standard InChI is InChI=1S/C18H18N4O2S/c1-12-9-15(22-24-12)11-25-18-16(6-4-8-20-18)17(23)21-13(2)14-5-3-7-19-10-14/h3-10,13H,11H2,1-2H3,(H,21,23). The second-order valence-electron chi connectivity index (χ2n) is 5.56. The van der Waals surface area contributed by atoms with Crippen LogP contribution in [0.3, 0.4) is 0 Å². The average molecular weight is 354 g/mol. The number of nitrogens with one attached hydrogen (secondary N) is 1. The van der Waals surface area contributed by atoms with Gasteiger partial charge in [-0.3, -0.25) is 9.78 Å². The first-order chi connectivity index (χ1) is 12.1. The van der Waals surface area contributed by atoms with Gasteiger partial charge in [0.1, 0.15) is 10.8 Å². The number of rotatable bonds is 6. The Kier molecular flexibility index (Phi) is 5.45. The van der Waals surface area contributed by atoms with E-state index in [1.54, 1.807) is 30.7 Å². The highest BCUT2D eigenvalue weighted by Gasteiger charge is 2.16. The zero-order valence-electron chi connectivity index (χ0n) is 14.0. The van der Waals surface area contributed by atoms with Crippen LogP contribution in [-0.4, -0.2) is 21.0 Å². The molecule has 0 bridgehead atoms. The molecular formula is C18H18N4O2S. The molecule has 0 spiro atoms. The fraction of sp³-hybridized carbons (Fsp3) is 0.222. The predicted octanol–water partition coefficient (Wildman–Crippen LogP) is 3.56. The van der Waals surface area contributed by atoms with Crippen molar-refractivity contribution >= 4 is 17.7 Å². The Hall–Kier alpha value is -2.67. The highest BCUT2D eigenvalue weighted by molar-refractivity contribution is 7.98. The van der Waals surface area contributed by atoms with Crippen LogP contribution in [-0.2, 0) is 5.75 Å². The first-order valence-corrected chi connectivity index (χ1v) is 8.83. The van der Waals surface area contributed by atoms with E-state index >= 15 is 0 Å². The summed E-state index contributed by atoms with van der Waals surface area (Å²) in [6.45, 7) is 3.77. The van der Waals surface area contributed by atoms with Gasteiger partial charge in [0.05, 0.1) is 17.3 Å². The van der Waals surface area contributed by atoms with Crippen LogP contribution >= 0.6 is 11.8 Å². The summed E-state index contributed by atoms with van der Waals surface area (Å²) in [7, 11) is 0. The van der Waals surface area contributed by atoms with Crippen molar-refractivity contribution in [1.82, 2.24) is 20.4 Å². The Morgan fingerprint density at radius 3 is 2.88 bits per heavy atom. The van der Waals surface area contributed by atoms with Crippen LogP contribution in [0.15, 0.2) is 58.5 Å². The van der Waals surface area contributed by atoms with Crippen molar-refractivity contribution in [3.63, 3.8) is 0 Å². The maximum atomic E-state index is 12.6. The van der Waals surface area contributed by atoms with E-state index in [1.165, 1.54) is 11.8 Å². The number of aromatic nitrogens is 3. The zero-order chi connectivity index (χ0) is 17.6. The molecule has 0 aromatic carbocycles. The molecule has 3 aromatic heterocycles. The summed E-state index contributed by atoms with van der Waals surface area (Å²) in [6, 6.07) is 9.05. The summed E-state index contributed by atoms with van der Waals surface area (Å²) < 4.78 is 5.06. The third-order valence-corrected chi connectivity index (χ3v) is 4.62. The minimum absolute atomic E-state index is 0.141. The number of hydrogen-bond acceptors (Lipinski definition) is 6. The third-order valence-electron chi connectivity index (χ3n) is 3.58. The first kappa shape index (κ1) is 17.2. The topological polar surface area (TPSA) is 80.9 Å². The van der Waals surface area contributed by atoms with Gasteiger partial charge in [0.25, 0.3) is 5.91 Å². The minimum Gasteiger partial charge on any atom is -0.361 e. The Labute approximate surface area is 150 Å². The van der Waals surface area contributed by atoms with Crippen LogP contribution in [0.4, 0.5) is 0 Å². The zero-order valence-corrected chi connectivity index (χ0v) is 14.8. The van der Waals surface area contributed by atoms with Crippen molar-refractivity contribution in [1.29, 1.82) is 0 Å². The van der Waals surface area contributed by atoms with Gasteiger partial charge in [-0.05, 0) is 37.6 Å². The number of thioether (sulfide) groups is 1. The molecule has 0 saturated heterocycles. The molecule has 3 aromatic rings. The van der Waals surface area contributed by atoms with Gasteiger partial charge in [-0.25, -0.2) is 4.98 Å². The van der Waals surface area contributed by atoms with Gasteiger partial charge in [-0.1, -0.05) is 23.0 Å². The summed E-state index contributed by atoms with van der Waals surface area (Å²) in [5.41, 5.74) is 2.32. The maximum absolute atomic E-state index is 12.6. The van der Waals surface area contributed by atoms with Gasteiger partial charge in [-0.15, -0.1) is 0 Å². The smallest absolute Gasteiger partial charge is 0.254 e. The molecule has 0 aliphatic carbocycles. The van der Waals surface area contributed by atoms with E-state index in [9.17, 15) is 4.79 Å². The summed E-state index contributed by atoms with van der Waals surface area (Å²) >= 11 is 1.46. The Balaban J connectivity index is 1.70. The molecule has 6 nitrogen and oxygen atoms in total. The fourth-order valence-corrected chi connectivity index (χ4v) is 3.17. The molecule has 1 N–H and O–H groups in total. The quantitative estimate of drug-likeness (QED) is 0.682. The Morgan fingerprint density at radius 2 is 2.16 bits per heavy atom. The van der Waals surface area contributed by atoms with Crippen molar-refractivity contribution in [2.45, 2.75) is 30.7 Å². The molecule has 3 heterocycles. The van der Waals surface area contributed by atoms with Crippen LogP contribution < -0.4 is 5.32 Å². The molecule has 1 amide bonds. The molecule has 0 aliphatic rings. The van der Waals surface area contributed by atoms with E-state index < -0.39 is 0 Å². The third kappa shape index (κ3) is 4.45. The lowest BCUT2D eigenvalue weighted by Gasteiger charge is -2.15. The highest BCUT2D eigenvalue weighted by atomic mass is 32.2. The highest BCUT2D eigenvalue weighted by Crippen LogP contribution is 2.24. The van der Waals surface area contributed by atoms with E-state index in [0.29, 0.717) is 16.3 Å². The van der Waals surface area contributed by atoms with Crippen LogP contribution in [0.25, 0.3) is 0 Å². The lowest BCUT2D eigenvalue weighted by atomic mass is 10.1. The molecule has 1 unspecified atom stereocenters. The monoisotopic (exact) mass is 354 g/mol. The number of carbonyl (C=O) groups excluding carboxylic acids is 1. The van der Waals surface area contributed by atoms with Gasteiger partial charge in [0.15, 0.2) is 0 Å². The van der Waals surface area contributed by atoms with Gasteiger partial charge in [-0.2, -0.15) is 0 Å². The lowest BCUT2D eigenvalue weighted by Crippen LogP contribution is -2.27. The molecular weight excluding hydrogens is 336 g/mol. The number of aryl methyl sites for hydroxylation is 1. The van der Waals surface area contributed by atoms with Crippen LogP contribution in [0.1, 0.15) is 40.3 Å². The van der Waals surface area contributed by atoms with Crippen molar-refractivity contribution in [3.8, 4) is 0 Å². The Morgan fingerprint density at radius 1 is 1.32 bits per heavy atom. The SMILES string of the molecule is Cc1cc(CSc2ncccc2C(=O)NC(C)c2cccnc2)no1. The van der Waals surface area contributed by atoms with Crippen LogP contribution in [0.2, 0.25) is 0 Å². The summed E-state index contributed by atoms with van der Waals surface area (Å²) in [5.74, 6) is 1.19. The van der Waals surface area contributed by atoms with Crippen molar-refractivity contribution in [2.75, 3.05) is 0 Å². The van der Waals surface area contributed by atoms with Crippen molar-refractivity contribution < 1.29 is 9.32 Å². The molecule has 7 heteroatoms. The second kappa shape index (κ2) is 7.94. The van der Waals surface area contributed by atoms with E-state index in [1.807, 2.05) is 32.0 Å². The van der Waals surface area contributed by atoms with Gasteiger partial charge in [0, 0.05) is 30.4 Å². The lowest BCUT2D eigenvalue weighted by molar-refractivity contribution is 0.0936. The number of nitrogens with zero attached hydrogens (tertiary/aromatic N) is 3. The molecule has 0 fully saturated rings. The van der Waals surface area contributed by atoms with E-state index in [-0.39, 0.29) is 11.9 Å². The molecule has 0 saturated carbocycles. The van der Waals surface area contributed by atoms with Gasteiger partial charge in [0.2, 0.25) is 0 Å². The largest absolute Gasteiger partial charge is 0.361 e. The number of hydrogen-bond donors (Lipinski definition) is 1. The van der Waals surface area contributed by atoms with E-state index in [0.717, 1.165) is 17.0 Å². The Bertz CT molecular complexity index is 851. The summed E-state index contributed by atoms with van der Waals surface area (Å²) in [5, 5.41) is 7.62. The van der Waals surface area contributed by atoms with E-state index in [4.69, 9.17) is 4.52 Å². The van der Waals surface area contributed by atoms with Gasteiger partial charge >= 0.3 is 0 Å². The number of carbonyl (C=O) groups is 1. The molecule has 128 valence electrons. The van der Waals surface area contributed by atoms with Crippen molar-refractivity contribution in [3.05, 3.63) is 71.5 Å². The van der Waals surface area contributed by atoms with Crippen molar-refractivity contribution in [2.24, 2.45) is 0 Å².